The molecule has 14 rings (SSSR count). The third kappa shape index (κ3) is 33.7. The number of carbonyl (C=O) groups excluding carboxylic acids is 6. The van der Waals surface area contributed by atoms with Gasteiger partial charge in [-0.25, -0.2) is 28.8 Å². The Morgan fingerprint density at radius 2 is 0.328 bits per heavy atom. The monoisotopic (exact) mass is 1850 g/mol. The largest absolute Gasteiger partial charge is 0.497 e. The molecule has 0 atom stereocenters. The van der Waals surface area contributed by atoms with E-state index in [9.17, 15) is 28.8 Å². The third-order valence-corrected chi connectivity index (χ3v) is 20.8. The zero-order valence-corrected chi connectivity index (χ0v) is 81.1. The molecule has 23 heteroatoms. The summed E-state index contributed by atoms with van der Waals surface area (Å²) >= 11 is 0. The van der Waals surface area contributed by atoms with E-state index in [2.05, 4.69) is 18.6 Å². The van der Waals surface area contributed by atoms with Crippen molar-refractivity contribution >= 4 is 35.8 Å². The number of esters is 6. The van der Waals surface area contributed by atoms with Crippen LogP contribution in [0.15, 0.2) is 303 Å². The van der Waals surface area contributed by atoms with Gasteiger partial charge in [0.2, 0.25) is 0 Å². The summed E-state index contributed by atoms with van der Waals surface area (Å²) in [6.45, 7) is 11.9. The van der Waals surface area contributed by atoms with Crippen LogP contribution in [0.25, 0.3) is 0 Å². The van der Waals surface area contributed by atoms with Gasteiger partial charge in [0.1, 0.15) is 114 Å². The molecule has 0 spiro atoms. The molecule has 0 bridgehead atoms. The second-order valence-electron chi connectivity index (χ2n) is 30.7. The first-order valence-electron chi connectivity index (χ1n) is 43.4. The Morgan fingerprint density at radius 1 is 0.161 bits per heavy atom. The molecular formula is C114H118O23. The van der Waals surface area contributed by atoms with Gasteiger partial charge in [-0.05, 0) is 282 Å². The molecule has 0 heterocycles. The number of ether oxygens (including phenoxy) is 17. The van der Waals surface area contributed by atoms with E-state index < -0.39 is 29.8 Å². The van der Waals surface area contributed by atoms with E-state index in [0.29, 0.717) is 81.8 Å². The highest BCUT2D eigenvalue weighted by molar-refractivity contribution is 5.96. The van der Waals surface area contributed by atoms with Gasteiger partial charge in [0, 0.05) is 0 Å². The first kappa shape index (κ1) is 106. The average Bonchev–Trinajstić information content (AvgIpc) is 0.806. The minimum absolute atomic E-state index is 0.268. The van der Waals surface area contributed by atoms with Crippen LogP contribution in [0.2, 0.25) is 0 Å². The summed E-state index contributed by atoms with van der Waals surface area (Å²) in [6.07, 6.45) is 2.72. The van der Waals surface area contributed by atoms with Crippen LogP contribution in [0.1, 0.15) is 140 Å². The Labute approximate surface area is 802 Å². The van der Waals surface area contributed by atoms with Crippen LogP contribution in [0.3, 0.4) is 0 Å². The van der Waals surface area contributed by atoms with Gasteiger partial charge in [0.05, 0.1) is 99.5 Å². The topological polar surface area (TPSA) is 259 Å². The van der Waals surface area contributed by atoms with Crippen molar-refractivity contribution in [1.29, 1.82) is 0 Å². The molecule has 0 saturated carbocycles. The minimum Gasteiger partial charge on any atom is -0.497 e. The van der Waals surface area contributed by atoms with Gasteiger partial charge in [-0.3, -0.25) is 0 Å². The molecule has 0 aliphatic carbocycles. The molecule has 137 heavy (non-hydrogen) atoms. The summed E-state index contributed by atoms with van der Waals surface area (Å²) in [6, 6.07) is 95.4. The van der Waals surface area contributed by atoms with Crippen LogP contribution in [0.4, 0.5) is 0 Å². The van der Waals surface area contributed by atoms with Crippen LogP contribution >= 0.6 is 0 Å². The molecule has 0 N–H and O–H groups in total. The molecule has 14 aromatic rings. The predicted octanol–water partition coefficient (Wildman–Crippen LogP) is 24.2. The number of methoxy groups -OCH3 is 14. The maximum atomic E-state index is 12.4. The number of benzene rings is 14. The highest BCUT2D eigenvalue weighted by Crippen LogP contribution is 2.35. The summed E-state index contributed by atoms with van der Waals surface area (Å²) < 4.78 is 87.6. The lowest BCUT2D eigenvalue weighted by molar-refractivity contribution is 0.0585. The Morgan fingerprint density at radius 3 is 0.569 bits per heavy atom. The molecule has 0 unspecified atom stereocenters. The number of hydrogen-bond acceptors (Lipinski definition) is 23. The lowest BCUT2D eigenvalue weighted by Crippen LogP contribution is -2.08. The van der Waals surface area contributed by atoms with Crippen molar-refractivity contribution in [2.45, 2.75) is 67.2 Å². The molecule has 0 aliphatic rings. The molecule has 0 aromatic heterocycles. The molecule has 14 aromatic carbocycles. The van der Waals surface area contributed by atoms with E-state index in [-0.39, 0.29) is 17.1 Å². The van der Waals surface area contributed by atoms with Gasteiger partial charge < -0.3 is 80.5 Å². The SMILES string of the molecule is COC(=O)c1cc(C)ccc1OC.COC(=O)c1cc(C)ccc1Oc1ccc(Cc2ccc(OC)cc2)cc1C(=O)OC.COC(=O)c1cc(Cc2ccc(OC)cc2)ccc1OC.COC(=O)c1cc(Cc2ccc(OC)cc2)ccc1Oc1ccc(C)cc1.COC(=O)c1cc(Cc2ccc(Oc3ccc(C)cc3)cc2)ccc1OC.COc1ccc(C)cc1.COc1ccc(C)cc1. The molecule has 23 nitrogen and oxygen atoms in total. The van der Waals surface area contributed by atoms with E-state index in [0.717, 1.165) is 108 Å². The fourth-order valence-corrected chi connectivity index (χ4v) is 13.2. The van der Waals surface area contributed by atoms with Crippen molar-refractivity contribution in [3.63, 3.8) is 0 Å². The van der Waals surface area contributed by atoms with E-state index in [1.807, 2.05) is 270 Å². The Balaban J connectivity index is 0.000000204. The second kappa shape index (κ2) is 55.3. The van der Waals surface area contributed by atoms with Crippen LogP contribution < -0.4 is 52.1 Å². The van der Waals surface area contributed by atoms with Crippen LogP contribution in [-0.4, -0.2) is 135 Å². The minimum atomic E-state index is -0.529. The fraction of sp³-hybridized carbons (Fsp3) is 0.211. The number of aryl methyl sites for hydroxylation is 6. The molecular weight excluding hydrogens is 1740 g/mol. The summed E-state index contributed by atoms with van der Waals surface area (Å²) in [5.41, 5.74) is 17.4. The fourth-order valence-electron chi connectivity index (χ4n) is 13.2. The number of rotatable bonds is 28. The maximum absolute atomic E-state index is 12.4. The van der Waals surface area contributed by atoms with Crippen LogP contribution in [0.5, 0.6) is 80.5 Å². The van der Waals surface area contributed by atoms with E-state index in [4.69, 9.17) is 75.8 Å². The maximum Gasteiger partial charge on any atom is 0.341 e. The smallest absolute Gasteiger partial charge is 0.341 e. The third-order valence-electron chi connectivity index (χ3n) is 20.8. The van der Waals surface area contributed by atoms with Crippen molar-refractivity contribution in [2.24, 2.45) is 0 Å². The van der Waals surface area contributed by atoms with E-state index in [1.165, 1.54) is 80.7 Å². The second-order valence-corrected chi connectivity index (χ2v) is 30.7. The van der Waals surface area contributed by atoms with Gasteiger partial charge in [0.25, 0.3) is 0 Å². The number of hydrogen-bond donors (Lipinski definition) is 0. The molecule has 0 fully saturated rings. The normalized spacial score (nSPS) is 10.0. The van der Waals surface area contributed by atoms with Crippen LogP contribution in [0, 0.1) is 41.5 Å². The first-order chi connectivity index (χ1) is 66.1. The average molecular weight is 1860 g/mol. The van der Waals surface area contributed by atoms with Gasteiger partial charge in [-0.2, -0.15) is 0 Å². The highest BCUT2D eigenvalue weighted by atomic mass is 16.6. The summed E-state index contributed by atoms with van der Waals surface area (Å²) in [7, 11) is 20.9. The molecule has 0 saturated heterocycles. The zero-order chi connectivity index (χ0) is 99.3. The predicted molar refractivity (Wildman–Crippen MR) is 531 cm³/mol. The molecule has 0 amide bonds. The Bertz CT molecular complexity index is 6150. The molecule has 712 valence electrons. The lowest BCUT2D eigenvalue weighted by atomic mass is 10.0. The van der Waals surface area contributed by atoms with Gasteiger partial charge >= 0.3 is 35.8 Å². The standard InChI is InChI=1S/C25H24O6.2C23H22O4.C17H18O4.C10H12O3.2C8H10O/c1-16-5-11-22(20(13-16)24(26)29-3)31-23-12-8-18(15-21(23)25(27)30-4)14-17-6-9-19(28-2)10-7-17;1-16-4-9-20(10-5-16)27-22-13-8-18(15-21(22)23(24)26-3)14-17-6-11-19(25-2)12-7-17;1-16-4-9-19(10-5-16)27-20-11-6-17(7-12-20)14-18-8-13-22(25-2)21(15-18)23(24)26-3;1-19-14-7-4-12(5-8-14)10-13-6-9-16(20-2)15(11-13)17(18)21-3;1-7-4-5-9(12-2)8(6-7)10(11)13-3;2*1-7-3-5-8(9-2)6-4-7/h5-13,15H,14H2,1-4H3;2*4-13,15H,14H2,1-3H3;4-9,11H,10H2,1-3H3;4-6H,1-3H3;2*3-6H,1-2H3. The highest BCUT2D eigenvalue weighted by Gasteiger charge is 2.22. The number of carbonyl (C=O) groups is 6. The van der Waals surface area contributed by atoms with Crippen molar-refractivity contribution in [1.82, 2.24) is 0 Å². The van der Waals surface area contributed by atoms with E-state index in [1.54, 1.807) is 96.2 Å². The van der Waals surface area contributed by atoms with Gasteiger partial charge in [-0.15, -0.1) is 0 Å². The summed E-state index contributed by atoms with van der Waals surface area (Å²) in [5, 5.41) is 0. The summed E-state index contributed by atoms with van der Waals surface area (Å²) in [4.78, 5) is 71.8. The Kier molecular flexibility index (Phi) is 42.8. The summed E-state index contributed by atoms with van der Waals surface area (Å²) in [5.74, 6) is 6.50. The van der Waals surface area contributed by atoms with Crippen molar-refractivity contribution < 1.29 is 109 Å². The lowest BCUT2D eigenvalue weighted by Gasteiger charge is -2.14. The van der Waals surface area contributed by atoms with Gasteiger partial charge in [-0.1, -0.05) is 167 Å². The van der Waals surface area contributed by atoms with Crippen molar-refractivity contribution in [3.8, 4) is 80.5 Å². The van der Waals surface area contributed by atoms with E-state index >= 15 is 0 Å². The van der Waals surface area contributed by atoms with Crippen LogP contribution in [-0.2, 0) is 54.1 Å². The first-order valence-corrected chi connectivity index (χ1v) is 43.4. The molecule has 0 aliphatic heterocycles. The van der Waals surface area contributed by atoms with Crippen molar-refractivity contribution in [2.75, 3.05) is 99.5 Å². The molecule has 0 radical (unpaired) electrons. The van der Waals surface area contributed by atoms with Crippen molar-refractivity contribution in [3.05, 3.63) is 415 Å². The quantitative estimate of drug-likeness (QED) is 0.0326. The zero-order valence-electron chi connectivity index (χ0n) is 81.1. The van der Waals surface area contributed by atoms with Gasteiger partial charge in [0.15, 0.2) is 0 Å². The Hall–Kier alpha value is -16.3.